The number of hydrogen-bond donors (Lipinski definition) is 0. The molecule has 0 saturated carbocycles. The third-order valence-electron chi connectivity index (χ3n) is 2.86. The lowest BCUT2D eigenvalue weighted by atomic mass is 10.2. The first-order valence-electron chi connectivity index (χ1n) is 6.51. The molecule has 0 aliphatic carbocycles. The summed E-state index contributed by atoms with van der Waals surface area (Å²) in [4.78, 5) is 15.8. The first kappa shape index (κ1) is 14.1. The fourth-order valence-corrected chi connectivity index (χ4v) is 1.72. The van der Waals surface area contributed by atoms with E-state index in [9.17, 15) is 4.79 Å². The molecule has 0 amide bonds. The number of rotatable bonds is 5. The van der Waals surface area contributed by atoms with Crippen LogP contribution in [0, 0.1) is 6.92 Å². The van der Waals surface area contributed by atoms with Gasteiger partial charge in [0.2, 0.25) is 0 Å². The van der Waals surface area contributed by atoms with Gasteiger partial charge in [-0.15, -0.1) is 0 Å². The molecule has 0 aliphatic rings. The van der Waals surface area contributed by atoms with Crippen molar-refractivity contribution in [2.24, 2.45) is 0 Å². The molecule has 0 N–H and O–H groups in total. The third kappa shape index (κ3) is 3.57. The summed E-state index contributed by atoms with van der Waals surface area (Å²) in [7, 11) is 0. The zero-order chi connectivity index (χ0) is 14.4. The molecular formula is C16H17NO3. The molecule has 1 heterocycles. The molecule has 0 spiro atoms. The zero-order valence-electron chi connectivity index (χ0n) is 11.6. The maximum Gasteiger partial charge on any atom is 0.338 e. The summed E-state index contributed by atoms with van der Waals surface area (Å²) in [5, 5.41) is 0. The number of aryl methyl sites for hydroxylation is 1. The average Bonchev–Trinajstić information content (AvgIpc) is 2.47. The molecule has 0 fully saturated rings. The number of carbonyl (C=O) groups is 1. The van der Waals surface area contributed by atoms with Gasteiger partial charge in [0.25, 0.3) is 0 Å². The van der Waals surface area contributed by atoms with E-state index in [1.165, 1.54) is 0 Å². The first-order chi connectivity index (χ1) is 9.70. The van der Waals surface area contributed by atoms with Crippen LogP contribution in [0.3, 0.4) is 0 Å². The lowest BCUT2D eigenvalue weighted by Crippen LogP contribution is -2.04. The molecule has 0 unspecified atom stereocenters. The van der Waals surface area contributed by atoms with E-state index in [4.69, 9.17) is 9.47 Å². The lowest BCUT2D eigenvalue weighted by Gasteiger charge is -2.08. The van der Waals surface area contributed by atoms with Gasteiger partial charge in [0.15, 0.2) is 0 Å². The minimum absolute atomic E-state index is 0.320. The third-order valence-corrected chi connectivity index (χ3v) is 2.86. The Morgan fingerprint density at radius 3 is 2.60 bits per heavy atom. The summed E-state index contributed by atoms with van der Waals surface area (Å²) in [5.74, 6) is 0.378. The Kier molecular flexibility index (Phi) is 4.71. The van der Waals surface area contributed by atoms with Gasteiger partial charge in [-0.25, -0.2) is 4.79 Å². The van der Waals surface area contributed by atoms with Gasteiger partial charge in [-0.05, 0) is 49.7 Å². The van der Waals surface area contributed by atoms with Crippen LogP contribution in [-0.2, 0) is 11.3 Å². The highest BCUT2D eigenvalue weighted by Crippen LogP contribution is 2.15. The quantitative estimate of drug-likeness (QED) is 0.784. The monoisotopic (exact) mass is 271 g/mol. The number of benzene rings is 1. The van der Waals surface area contributed by atoms with Crippen LogP contribution < -0.4 is 4.74 Å². The molecular weight excluding hydrogens is 254 g/mol. The molecule has 104 valence electrons. The fourth-order valence-electron chi connectivity index (χ4n) is 1.72. The van der Waals surface area contributed by atoms with Crippen LogP contribution in [0.4, 0.5) is 0 Å². The maximum absolute atomic E-state index is 11.5. The Bertz CT molecular complexity index is 579. The van der Waals surface area contributed by atoms with E-state index in [2.05, 4.69) is 4.98 Å². The summed E-state index contributed by atoms with van der Waals surface area (Å²) in [6, 6.07) is 10.8. The van der Waals surface area contributed by atoms with Crippen molar-refractivity contribution in [1.82, 2.24) is 4.98 Å². The summed E-state index contributed by atoms with van der Waals surface area (Å²) in [5.41, 5.74) is 2.52. The normalized spacial score (nSPS) is 10.1. The number of aromatic nitrogens is 1. The molecule has 1 aromatic carbocycles. The molecule has 0 saturated heterocycles. The largest absolute Gasteiger partial charge is 0.487 e. The van der Waals surface area contributed by atoms with E-state index in [1.54, 1.807) is 37.4 Å². The zero-order valence-corrected chi connectivity index (χ0v) is 11.6. The maximum atomic E-state index is 11.5. The summed E-state index contributed by atoms with van der Waals surface area (Å²) >= 11 is 0. The van der Waals surface area contributed by atoms with Gasteiger partial charge in [0, 0.05) is 6.20 Å². The molecule has 0 aliphatic heterocycles. The Labute approximate surface area is 118 Å². The van der Waals surface area contributed by atoms with Crippen LogP contribution in [0.1, 0.15) is 28.5 Å². The average molecular weight is 271 g/mol. The van der Waals surface area contributed by atoms with Crippen LogP contribution in [0.15, 0.2) is 42.6 Å². The van der Waals surface area contributed by atoms with Crippen molar-refractivity contribution in [1.29, 1.82) is 0 Å². The molecule has 2 aromatic rings. The summed E-state index contributed by atoms with van der Waals surface area (Å²) in [6.07, 6.45) is 1.75. The van der Waals surface area contributed by atoms with Crippen molar-refractivity contribution in [2.75, 3.05) is 6.61 Å². The SMILES string of the molecule is CCOC(=O)c1ccc(OCc2ncccc2C)cc1. The topological polar surface area (TPSA) is 48.4 Å². The van der Waals surface area contributed by atoms with E-state index in [-0.39, 0.29) is 5.97 Å². The van der Waals surface area contributed by atoms with Crippen LogP contribution in [0.2, 0.25) is 0 Å². The molecule has 4 heteroatoms. The fraction of sp³-hybridized carbons (Fsp3) is 0.250. The van der Waals surface area contributed by atoms with Gasteiger partial charge in [-0.3, -0.25) is 4.98 Å². The van der Waals surface area contributed by atoms with Gasteiger partial charge in [0.1, 0.15) is 12.4 Å². The van der Waals surface area contributed by atoms with Gasteiger partial charge >= 0.3 is 5.97 Å². The molecule has 1 aromatic heterocycles. The molecule has 20 heavy (non-hydrogen) atoms. The Balaban J connectivity index is 1.98. The Hall–Kier alpha value is -2.36. The van der Waals surface area contributed by atoms with E-state index in [0.717, 1.165) is 11.3 Å². The number of ether oxygens (including phenoxy) is 2. The van der Waals surface area contributed by atoms with Crippen LogP contribution in [0.5, 0.6) is 5.75 Å². The second-order valence-electron chi connectivity index (χ2n) is 4.30. The van der Waals surface area contributed by atoms with Crippen LogP contribution >= 0.6 is 0 Å². The molecule has 2 rings (SSSR count). The van der Waals surface area contributed by atoms with E-state index >= 15 is 0 Å². The number of hydrogen-bond acceptors (Lipinski definition) is 4. The van der Waals surface area contributed by atoms with E-state index in [1.807, 2.05) is 19.1 Å². The molecule has 4 nitrogen and oxygen atoms in total. The predicted molar refractivity (Wildman–Crippen MR) is 75.7 cm³/mol. The van der Waals surface area contributed by atoms with E-state index in [0.29, 0.717) is 24.5 Å². The first-order valence-corrected chi connectivity index (χ1v) is 6.51. The van der Waals surface area contributed by atoms with Crippen molar-refractivity contribution in [2.45, 2.75) is 20.5 Å². The number of pyridine rings is 1. The van der Waals surface area contributed by atoms with Gasteiger partial charge in [-0.1, -0.05) is 6.07 Å². The van der Waals surface area contributed by atoms with Gasteiger partial charge in [0.05, 0.1) is 17.9 Å². The van der Waals surface area contributed by atoms with Crippen molar-refractivity contribution >= 4 is 5.97 Å². The van der Waals surface area contributed by atoms with E-state index < -0.39 is 0 Å². The van der Waals surface area contributed by atoms with Crippen LogP contribution in [-0.4, -0.2) is 17.6 Å². The van der Waals surface area contributed by atoms with Gasteiger partial charge in [-0.2, -0.15) is 0 Å². The molecule has 0 radical (unpaired) electrons. The Morgan fingerprint density at radius 1 is 1.20 bits per heavy atom. The van der Waals surface area contributed by atoms with Crippen molar-refractivity contribution < 1.29 is 14.3 Å². The van der Waals surface area contributed by atoms with Crippen molar-refractivity contribution in [3.05, 3.63) is 59.4 Å². The highest BCUT2D eigenvalue weighted by atomic mass is 16.5. The highest BCUT2D eigenvalue weighted by Gasteiger charge is 2.06. The van der Waals surface area contributed by atoms with Crippen LogP contribution in [0.25, 0.3) is 0 Å². The smallest absolute Gasteiger partial charge is 0.338 e. The predicted octanol–water partition coefficient (Wildman–Crippen LogP) is 3.15. The number of esters is 1. The highest BCUT2D eigenvalue weighted by molar-refractivity contribution is 5.89. The minimum atomic E-state index is -0.320. The molecule has 0 atom stereocenters. The Morgan fingerprint density at radius 2 is 1.95 bits per heavy atom. The summed E-state index contributed by atoms with van der Waals surface area (Å²) in [6.45, 7) is 4.56. The second kappa shape index (κ2) is 6.70. The standard InChI is InChI=1S/C16H17NO3/c1-3-19-16(18)13-6-8-14(9-7-13)20-11-15-12(2)5-4-10-17-15/h4-10H,3,11H2,1-2H3. The van der Waals surface area contributed by atoms with Crippen molar-refractivity contribution in [3.8, 4) is 5.75 Å². The number of carbonyl (C=O) groups excluding carboxylic acids is 1. The van der Waals surface area contributed by atoms with Crippen molar-refractivity contribution in [3.63, 3.8) is 0 Å². The molecule has 0 bridgehead atoms. The number of nitrogens with zero attached hydrogens (tertiary/aromatic N) is 1. The van der Waals surface area contributed by atoms with Gasteiger partial charge < -0.3 is 9.47 Å². The second-order valence-corrected chi connectivity index (χ2v) is 4.30. The minimum Gasteiger partial charge on any atom is -0.487 e. The summed E-state index contributed by atoms with van der Waals surface area (Å²) < 4.78 is 10.6. The lowest BCUT2D eigenvalue weighted by molar-refractivity contribution is 0.0526.